The molecule has 80 valence electrons. The van der Waals surface area contributed by atoms with Gasteiger partial charge >= 0.3 is 0 Å². The summed E-state index contributed by atoms with van der Waals surface area (Å²) in [5.74, 6) is 1.84. The molecule has 4 heteroatoms. The Morgan fingerprint density at radius 3 is 2.71 bits per heavy atom. The Morgan fingerprint density at radius 2 is 2.21 bits per heavy atom. The van der Waals surface area contributed by atoms with Gasteiger partial charge in [-0.15, -0.1) is 0 Å². The first-order valence-electron chi connectivity index (χ1n) is 4.99. The van der Waals surface area contributed by atoms with Gasteiger partial charge in [-0.25, -0.2) is 0 Å². The Hall–Kier alpha value is -0.640. The summed E-state index contributed by atoms with van der Waals surface area (Å²) < 4.78 is 1.90. The number of nitrogen functional groups attached to an aromatic ring is 1. The summed E-state index contributed by atoms with van der Waals surface area (Å²) in [6.45, 7) is 7.72. The topological polar surface area (TPSA) is 43.8 Å². The molecule has 14 heavy (non-hydrogen) atoms. The Kier molecular flexibility index (Phi) is 4.32. The first-order valence-corrected chi connectivity index (χ1v) is 6.04. The van der Waals surface area contributed by atoms with Crippen LogP contribution in [-0.2, 0) is 6.54 Å². The molecular weight excluding hydrogens is 194 g/mol. The minimum absolute atomic E-state index is 0.711. The van der Waals surface area contributed by atoms with E-state index >= 15 is 0 Å². The number of hydrogen-bond acceptors (Lipinski definition) is 3. The van der Waals surface area contributed by atoms with Crippen molar-refractivity contribution in [2.75, 3.05) is 11.5 Å². The molecule has 0 fully saturated rings. The number of nitrogens with two attached hydrogens (primary N) is 1. The van der Waals surface area contributed by atoms with E-state index in [9.17, 15) is 0 Å². The number of anilines is 1. The largest absolute Gasteiger partial charge is 0.396 e. The fourth-order valence-corrected chi connectivity index (χ4v) is 2.08. The predicted octanol–water partition coefficient (Wildman–Crippen LogP) is 2.24. The van der Waals surface area contributed by atoms with Crippen molar-refractivity contribution in [3.05, 3.63) is 12.4 Å². The van der Waals surface area contributed by atoms with Crippen LogP contribution in [0.1, 0.15) is 20.8 Å². The van der Waals surface area contributed by atoms with Crippen molar-refractivity contribution >= 4 is 17.4 Å². The Balaban J connectivity index is 2.22. The zero-order chi connectivity index (χ0) is 10.6. The minimum Gasteiger partial charge on any atom is -0.396 e. The summed E-state index contributed by atoms with van der Waals surface area (Å²) in [5.41, 5.74) is 6.31. The third-order valence-corrected chi connectivity index (χ3v) is 3.78. The van der Waals surface area contributed by atoms with Crippen LogP contribution in [0, 0.1) is 5.92 Å². The summed E-state index contributed by atoms with van der Waals surface area (Å²) >= 11 is 1.99. The summed E-state index contributed by atoms with van der Waals surface area (Å²) in [6.07, 6.45) is 3.57. The second-order valence-electron chi connectivity index (χ2n) is 3.86. The number of hydrogen-bond donors (Lipinski definition) is 1. The van der Waals surface area contributed by atoms with E-state index in [-0.39, 0.29) is 0 Å². The van der Waals surface area contributed by atoms with Gasteiger partial charge < -0.3 is 5.73 Å². The van der Waals surface area contributed by atoms with Gasteiger partial charge in [0.2, 0.25) is 0 Å². The fraction of sp³-hybridized carbons (Fsp3) is 0.700. The van der Waals surface area contributed by atoms with Gasteiger partial charge in [-0.05, 0) is 5.92 Å². The Morgan fingerprint density at radius 1 is 1.50 bits per heavy atom. The average molecular weight is 213 g/mol. The van der Waals surface area contributed by atoms with Crippen molar-refractivity contribution in [3.8, 4) is 0 Å². The van der Waals surface area contributed by atoms with Crippen molar-refractivity contribution in [1.82, 2.24) is 9.78 Å². The van der Waals surface area contributed by atoms with Crippen LogP contribution in [0.3, 0.4) is 0 Å². The SMILES string of the molecule is CC(C)C(C)SCCn1cc(N)cn1. The van der Waals surface area contributed by atoms with Gasteiger partial charge in [0.05, 0.1) is 18.4 Å². The maximum absolute atomic E-state index is 5.57. The molecule has 1 rings (SSSR count). The minimum atomic E-state index is 0.711. The molecular formula is C10H19N3S. The van der Waals surface area contributed by atoms with Crippen molar-refractivity contribution in [2.24, 2.45) is 5.92 Å². The molecule has 0 bridgehead atoms. The van der Waals surface area contributed by atoms with Crippen LogP contribution in [0.2, 0.25) is 0 Å². The molecule has 0 saturated heterocycles. The number of nitrogens with zero attached hydrogens (tertiary/aromatic N) is 2. The smallest absolute Gasteiger partial charge is 0.0719 e. The molecule has 1 aromatic heterocycles. The lowest BCUT2D eigenvalue weighted by molar-refractivity contribution is 0.633. The summed E-state index contributed by atoms with van der Waals surface area (Å²) in [6, 6.07) is 0. The van der Waals surface area contributed by atoms with E-state index < -0.39 is 0 Å². The van der Waals surface area contributed by atoms with Crippen LogP contribution in [0.5, 0.6) is 0 Å². The molecule has 0 aliphatic rings. The Labute approximate surface area is 90.1 Å². The van der Waals surface area contributed by atoms with Gasteiger partial charge in [-0.2, -0.15) is 16.9 Å². The van der Waals surface area contributed by atoms with Crippen molar-refractivity contribution in [3.63, 3.8) is 0 Å². The maximum atomic E-state index is 5.57. The van der Waals surface area contributed by atoms with Gasteiger partial charge in [0.25, 0.3) is 0 Å². The second kappa shape index (κ2) is 5.29. The molecule has 3 nitrogen and oxygen atoms in total. The quantitative estimate of drug-likeness (QED) is 0.816. The van der Waals surface area contributed by atoms with Gasteiger partial charge in [-0.3, -0.25) is 4.68 Å². The molecule has 0 radical (unpaired) electrons. The van der Waals surface area contributed by atoms with E-state index in [1.807, 2.05) is 22.6 Å². The highest BCUT2D eigenvalue weighted by atomic mass is 32.2. The molecule has 1 atom stereocenters. The molecule has 0 saturated carbocycles. The lowest BCUT2D eigenvalue weighted by atomic mass is 10.2. The van der Waals surface area contributed by atoms with E-state index in [2.05, 4.69) is 25.9 Å². The van der Waals surface area contributed by atoms with Crippen LogP contribution in [-0.4, -0.2) is 20.8 Å². The molecule has 2 N–H and O–H groups in total. The number of aryl methyl sites for hydroxylation is 1. The summed E-state index contributed by atoms with van der Waals surface area (Å²) in [4.78, 5) is 0. The van der Waals surface area contributed by atoms with Crippen molar-refractivity contribution < 1.29 is 0 Å². The van der Waals surface area contributed by atoms with Gasteiger partial charge in [-0.1, -0.05) is 20.8 Å². The van der Waals surface area contributed by atoms with Crippen LogP contribution in [0.25, 0.3) is 0 Å². The van der Waals surface area contributed by atoms with Gasteiger partial charge in [0.15, 0.2) is 0 Å². The highest BCUT2D eigenvalue weighted by molar-refractivity contribution is 7.99. The molecule has 0 aliphatic heterocycles. The van der Waals surface area contributed by atoms with Crippen molar-refractivity contribution in [2.45, 2.75) is 32.6 Å². The highest BCUT2D eigenvalue weighted by Gasteiger charge is 2.06. The van der Waals surface area contributed by atoms with Crippen LogP contribution < -0.4 is 5.73 Å². The normalized spacial score (nSPS) is 13.4. The maximum Gasteiger partial charge on any atom is 0.0719 e. The second-order valence-corrected chi connectivity index (χ2v) is 5.34. The first-order chi connectivity index (χ1) is 6.59. The lowest BCUT2D eigenvalue weighted by Crippen LogP contribution is -2.09. The zero-order valence-electron chi connectivity index (χ0n) is 9.10. The van der Waals surface area contributed by atoms with Crippen LogP contribution in [0.4, 0.5) is 5.69 Å². The summed E-state index contributed by atoms with van der Waals surface area (Å²) in [5, 5.41) is 4.85. The van der Waals surface area contributed by atoms with E-state index in [0.717, 1.165) is 23.9 Å². The van der Waals surface area contributed by atoms with Crippen LogP contribution >= 0.6 is 11.8 Å². The first kappa shape index (κ1) is 11.4. The molecule has 1 heterocycles. The van der Waals surface area contributed by atoms with E-state index in [4.69, 9.17) is 5.73 Å². The van der Waals surface area contributed by atoms with Gasteiger partial charge in [0, 0.05) is 17.2 Å². The number of thioether (sulfide) groups is 1. The van der Waals surface area contributed by atoms with E-state index in [1.165, 1.54) is 0 Å². The molecule has 0 spiro atoms. The Bertz CT molecular complexity index is 270. The third kappa shape index (κ3) is 3.62. The average Bonchev–Trinajstić information content (AvgIpc) is 2.51. The van der Waals surface area contributed by atoms with E-state index in [1.54, 1.807) is 6.20 Å². The third-order valence-electron chi connectivity index (χ3n) is 2.29. The molecule has 0 amide bonds. The standard InChI is InChI=1S/C10H19N3S/c1-8(2)9(3)14-5-4-13-7-10(11)6-12-13/h6-9H,4-5,11H2,1-3H3. The van der Waals surface area contributed by atoms with Crippen molar-refractivity contribution in [1.29, 1.82) is 0 Å². The lowest BCUT2D eigenvalue weighted by Gasteiger charge is -2.14. The van der Waals surface area contributed by atoms with E-state index in [0.29, 0.717) is 5.25 Å². The summed E-state index contributed by atoms with van der Waals surface area (Å²) in [7, 11) is 0. The van der Waals surface area contributed by atoms with Gasteiger partial charge in [0.1, 0.15) is 0 Å². The fourth-order valence-electron chi connectivity index (χ4n) is 1.03. The monoisotopic (exact) mass is 213 g/mol. The number of rotatable bonds is 5. The highest BCUT2D eigenvalue weighted by Crippen LogP contribution is 2.18. The number of aromatic nitrogens is 2. The van der Waals surface area contributed by atoms with Crippen LogP contribution in [0.15, 0.2) is 12.4 Å². The molecule has 1 aromatic rings. The predicted molar refractivity (Wildman–Crippen MR) is 63.4 cm³/mol. The molecule has 0 aromatic carbocycles. The zero-order valence-corrected chi connectivity index (χ0v) is 9.92. The molecule has 0 aliphatic carbocycles. The molecule has 1 unspecified atom stereocenters.